The number of nitrogens with zero attached hydrogens (tertiary/aromatic N) is 2. The summed E-state index contributed by atoms with van der Waals surface area (Å²) in [7, 11) is 0. The predicted octanol–water partition coefficient (Wildman–Crippen LogP) is 3.68. The number of carbonyl (C=O) groups is 1. The maximum atomic E-state index is 12.7. The highest BCUT2D eigenvalue weighted by Crippen LogP contribution is 2.38. The minimum absolute atomic E-state index is 0.0145. The summed E-state index contributed by atoms with van der Waals surface area (Å²) in [5.41, 5.74) is 3.60. The van der Waals surface area contributed by atoms with Gasteiger partial charge in [-0.25, -0.2) is 4.68 Å². The number of benzene rings is 2. The number of hydrogen-bond donors (Lipinski definition) is 1. The third kappa shape index (κ3) is 2.67. The molecule has 2 atom stereocenters. The van der Waals surface area contributed by atoms with E-state index in [-0.39, 0.29) is 11.8 Å². The third-order valence-electron chi connectivity index (χ3n) is 4.64. The van der Waals surface area contributed by atoms with Gasteiger partial charge in [-0.2, -0.15) is 5.10 Å². The van der Waals surface area contributed by atoms with Gasteiger partial charge in [-0.3, -0.25) is 4.79 Å². The van der Waals surface area contributed by atoms with Gasteiger partial charge in [0.1, 0.15) is 5.75 Å². The van der Waals surface area contributed by atoms with Gasteiger partial charge in [-0.1, -0.05) is 43.3 Å². The molecule has 4 rings (SSSR count). The molecule has 3 aromatic rings. The van der Waals surface area contributed by atoms with Crippen molar-refractivity contribution in [1.29, 1.82) is 0 Å². The third-order valence-corrected chi connectivity index (χ3v) is 4.64. The van der Waals surface area contributed by atoms with E-state index in [1.54, 1.807) is 6.20 Å². The fourth-order valence-corrected chi connectivity index (χ4v) is 3.21. The lowest BCUT2D eigenvalue weighted by molar-refractivity contribution is -0.122. The number of para-hydroxylation sites is 2. The smallest absolute Gasteiger partial charge is 0.266 e. The minimum atomic E-state index is -0.531. The molecule has 0 unspecified atom stereocenters. The van der Waals surface area contributed by atoms with Crippen LogP contribution in [0.25, 0.3) is 5.69 Å². The van der Waals surface area contributed by atoms with Crippen molar-refractivity contribution >= 4 is 11.6 Å². The summed E-state index contributed by atoms with van der Waals surface area (Å²) in [5.74, 6) is 0.645. The van der Waals surface area contributed by atoms with E-state index in [1.165, 1.54) is 0 Å². The average molecular weight is 333 g/mol. The molecule has 0 radical (unpaired) electrons. The highest BCUT2D eigenvalue weighted by atomic mass is 16.5. The number of rotatable bonds is 3. The number of fused-ring (bicyclic) bond motifs is 1. The van der Waals surface area contributed by atoms with Crippen LogP contribution in [0.5, 0.6) is 5.75 Å². The van der Waals surface area contributed by atoms with Crippen molar-refractivity contribution in [3.63, 3.8) is 0 Å². The topological polar surface area (TPSA) is 56.1 Å². The van der Waals surface area contributed by atoms with Crippen LogP contribution in [0.1, 0.15) is 24.1 Å². The van der Waals surface area contributed by atoms with Crippen LogP contribution in [0.4, 0.5) is 5.69 Å². The van der Waals surface area contributed by atoms with Crippen molar-refractivity contribution in [3.8, 4) is 11.4 Å². The number of anilines is 1. The molecule has 0 aliphatic carbocycles. The zero-order chi connectivity index (χ0) is 17.4. The zero-order valence-corrected chi connectivity index (χ0v) is 14.1. The van der Waals surface area contributed by atoms with Gasteiger partial charge in [0, 0.05) is 11.5 Å². The van der Waals surface area contributed by atoms with Crippen LogP contribution in [-0.4, -0.2) is 21.8 Å². The van der Waals surface area contributed by atoms with Crippen LogP contribution in [-0.2, 0) is 4.79 Å². The molecule has 25 heavy (non-hydrogen) atoms. The molecule has 5 heteroatoms. The minimum Gasteiger partial charge on any atom is -0.480 e. The molecule has 1 N–H and O–H groups in total. The van der Waals surface area contributed by atoms with Gasteiger partial charge in [0.2, 0.25) is 0 Å². The molecule has 1 aromatic heterocycles. The largest absolute Gasteiger partial charge is 0.480 e. The molecule has 1 amide bonds. The van der Waals surface area contributed by atoms with Crippen LogP contribution in [0.3, 0.4) is 0 Å². The molecule has 0 fully saturated rings. The van der Waals surface area contributed by atoms with Gasteiger partial charge in [-0.15, -0.1) is 0 Å². The summed E-state index contributed by atoms with van der Waals surface area (Å²) < 4.78 is 7.65. The molecule has 5 nitrogen and oxygen atoms in total. The van der Waals surface area contributed by atoms with Crippen LogP contribution >= 0.6 is 0 Å². The Morgan fingerprint density at radius 1 is 1.12 bits per heavy atom. The van der Waals surface area contributed by atoms with Crippen LogP contribution < -0.4 is 10.1 Å². The normalized spacial score (nSPS) is 18.5. The zero-order valence-electron chi connectivity index (χ0n) is 14.1. The van der Waals surface area contributed by atoms with Gasteiger partial charge in [0.05, 0.1) is 23.3 Å². The van der Waals surface area contributed by atoms with E-state index < -0.39 is 6.10 Å². The summed E-state index contributed by atoms with van der Waals surface area (Å²) in [6.45, 7) is 3.94. The number of nitrogens with one attached hydrogen (secondary N) is 1. The summed E-state index contributed by atoms with van der Waals surface area (Å²) in [5, 5.41) is 7.35. The Bertz CT molecular complexity index is 918. The van der Waals surface area contributed by atoms with Crippen LogP contribution in [0, 0.1) is 6.92 Å². The molecule has 0 bridgehead atoms. The second kappa shape index (κ2) is 6.09. The predicted molar refractivity (Wildman–Crippen MR) is 96.2 cm³/mol. The Morgan fingerprint density at radius 3 is 2.60 bits per heavy atom. The average Bonchev–Trinajstić information content (AvgIpc) is 3.17. The Kier molecular flexibility index (Phi) is 3.76. The summed E-state index contributed by atoms with van der Waals surface area (Å²) in [4.78, 5) is 12.7. The van der Waals surface area contributed by atoms with Gasteiger partial charge in [-0.05, 0) is 25.1 Å². The quantitative estimate of drug-likeness (QED) is 0.795. The second-order valence-corrected chi connectivity index (χ2v) is 6.25. The molecular formula is C20H19N3O2. The first-order chi connectivity index (χ1) is 12.1. The Hall–Kier alpha value is -3.08. The second-order valence-electron chi connectivity index (χ2n) is 6.25. The summed E-state index contributed by atoms with van der Waals surface area (Å²) in [6.07, 6.45) is 1.14. The first kappa shape index (κ1) is 15.4. The van der Waals surface area contributed by atoms with Gasteiger partial charge in [0.25, 0.3) is 5.91 Å². The van der Waals surface area contributed by atoms with Crippen molar-refractivity contribution in [2.45, 2.75) is 25.9 Å². The maximum absolute atomic E-state index is 12.7. The summed E-state index contributed by atoms with van der Waals surface area (Å²) in [6, 6.07) is 17.6. The lowest BCUT2D eigenvalue weighted by Crippen LogP contribution is -2.33. The van der Waals surface area contributed by atoms with E-state index in [0.717, 1.165) is 22.7 Å². The van der Waals surface area contributed by atoms with Crippen molar-refractivity contribution in [1.82, 2.24) is 9.78 Å². The van der Waals surface area contributed by atoms with Crippen molar-refractivity contribution in [3.05, 3.63) is 72.1 Å². The van der Waals surface area contributed by atoms with Gasteiger partial charge >= 0.3 is 0 Å². The van der Waals surface area contributed by atoms with E-state index in [9.17, 15) is 4.79 Å². The number of amides is 1. The highest BCUT2D eigenvalue weighted by molar-refractivity contribution is 5.96. The van der Waals surface area contributed by atoms with Crippen molar-refractivity contribution < 1.29 is 9.53 Å². The van der Waals surface area contributed by atoms with Crippen LogP contribution in [0.2, 0.25) is 0 Å². The molecule has 1 aliphatic rings. The molecule has 2 heterocycles. The summed E-state index contributed by atoms with van der Waals surface area (Å²) >= 11 is 0. The number of ether oxygens (including phenoxy) is 1. The fraction of sp³-hybridized carbons (Fsp3) is 0.200. The first-order valence-electron chi connectivity index (χ1n) is 8.31. The van der Waals surface area contributed by atoms with E-state index >= 15 is 0 Å². The number of hydrogen-bond acceptors (Lipinski definition) is 3. The molecule has 1 aliphatic heterocycles. The van der Waals surface area contributed by atoms with Crippen LogP contribution in [0.15, 0.2) is 60.8 Å². The van der Waals surface area contributed by atoms with E-state index in [2.05, 4.69) is 10.4 Å². The van der Waals surface area contributed by atoms with Crippen molar-refractivity contribution in [2.75, 3.05) is 5.32 Å². The lowest BCUT2D eigenvalue weighted by atomic mass is 9.97. The Morgan fingerprint density at radius 2 is 1.84 bits per heavy atom. The van der Waals surface area contributed by atoms with E-state index in [0.29, 0.717) is 5.69 Å². The molecular weight excluding hydrogens is 314 g/mol. The standard InChI is InChI=1S/C20H19N3O2/c1-13-16-10-6-7-11-18(16)25-19(13)20(24)22-17-12-21-23(14(17)2)15-8-4-3-5-9-15/h3-13,19H,1-2H3,(H,22,24)/t13-,19-/m0/s1. The molecule has 126 valence electrons. The van der Waals surface area contributed by atoms with Gasteiger partial charge < -0.3 is 10.1 Å². The van der Waals surface area contributed by atoms with E-state index in [4.69, 9.17) is 4.74 Å². The molecule has 0 saturated carbocycles. The Labute approximate surface area is 146 Å². The lowest BCUT2D eigenvalue weighted by Gasteiger charge is -2.15. The number of aromatic nitrogens is 2. The molecule has 0 saturated heterocycles. The molecule has 0 spiro atoms. The SMILES string of the molecule is Cc1c(NC(=O)[C@H]2Oc3ccccc3[C@@H]2C)cnn1-c1ccccc1. The van der Waals surface area contributed by atoms with Gasteiger partial charge in [0.15, 0.2) is 6.10 Å². The number of carbonyl (C=O) groups excluding carboxylic acids is 1. The maximum Gasteiger partial charge on any atom is 0.266 e. The Balaban J connectivity index is 1.54. The van der Waals surface area contributed by atoms with Crippen molar-refractivity contribution in [2.24, 2.45) is 0 Å². The molecule has 2 aromatic carbocycles. The fourth-order valence-electron chi connectivity index (χ4n) is 3.21. The van der Waals surface area contributed by atoms with E-state index in [1.807, 2.05) is 73.1 Å². The first-order valence-corrected chi connectivity index (χ1v) is 8.31. The monoisotopic (exact) mass is 333 g/mol. The highest BCUT2D eigenvalue weighted by Gasteiger charge is 2.36.